The quantitative estimate of drug-likeness (QED) is 0.273. The molecule has 1 amide bonds. The van der Waals surface area contributed by atoms with E-state index in [1.165, 1.54) is 5.56 Å². The van der Waals surface area contributed by atoms with Crippen LogP contribution in [0.15, 0.2) is 72.8 Å². The number of carbonyl (C=O) groups excluding carboxylic acids is 5. The Hall–Kier alpha value is -4.02. The molecule has 0 spiro atoms. The number of rotatable bonds is 8. The monoisotopic (exact) mass is 593 g/mol. The van der Waals surface area contributed by atoms with Gasteiger partial charge in [-0.1, -0.05) is 114 Å². The number of carbonyl (C=O) groups is 1. The van der Waals surface area contributed by atoms with Crippen molar-refractivity contribution in [2.45, 2.75) is 73.0 Å². The number of benzene rings is 3. The van der Waals surface area contributed by atoms with Crippen molar-refractivity contribution in [3.05, 3.63) is 100 Å². The molecule has 3 aromatic carbocycles. The molecule has 0 aliphatic rings. The van der Waals surface area contributed by atoms with Crippen molar-refractivity contribution in [2.24, 2.45) is 5.41 Å². The van der Waals surface area contributed by atoms with Gasteiger partial charge < -0.3 is 9.64 Å². The second kappa shape index (κ2) is 17.1. The molecule has 0 fully saturated rings. The third-order valence-electron chi connectivity index (χ3n) is 6.25. The van der Waals surface area contributed by atoms with Crippen molar-refractivity contribution in [3.8, 4) is 5.75 Å². The molecule has 7 nitrogen and oxygen atoms in total. The molecule has 0 radical (unpaired) electrons. The number of halogens is 1. The zero-order chi connectivity index (χ0) is 31.9. The number of hydrogen-bond donors (Lipinski definition) is 0. The highest BCUT2D eigenvalue weighted by Gasteiger charge is 2.28. The number of nitrogens with zero attached hydrogens (tertiary/aromatic N) is 1. The van der Waals surface area contributed by atoms with E-state index in [1.807, 2.05) is 65.6 Å². The van der Waals surface area contributed by atoms with E-state index in [2.05, 4.69) is 60.6 Å². The number of amides is 1. The first-order chi connectivity index (χ1) is 19.7. The molecule has 0 saturated heterocycles. The van der Waals surface area contributed by atoms with Gasteiger partial charge in [-0.3, -0.25) is 4.79 Å². The molecule has 0 bridgehead atoms. The largest absolute Gasteiger partial charge is 0.489 e. The highest BCUT2D eigenvalue weighted by Crippen LogP contribution is 2.33. The molecule has 1 unspecified atom stereocenters. The van der Waals surface area contributed by atoms with Crippen LogP contribution < -0.4 is 4.74 Å². The maximum atomic E-state index is 13.7. The van der Waals surface area contributed by atoms with Crippen LogP contribution in [0.1, 0.15) is 76.8 Å². The van der Waals surface area contributed by atoms with Gasteiger partial charge in [0.15, 0.2) is 0 Å². The smallest absolute Gasteiger partial charge is 0.373 e. The molecule has 0 saturated carbocycles. The molecule has 42 heavy (non-hydrogen) atoms. The van der Waals surface area contributed by atoms with Gasteiger partial charge in [0.2, 0.25) is 5.91 Å². The summed E-state index contributed by atoms with van der Waals surface area (Å²) < 4.78 is 5.95. The molecule has 0 aliphatic heterocycles. The Morgan fingerprint density at radius 1 is 0.833 bits per heavy atom. The van der Waals surface area contributed by atoms with Crippen LogP contribution in [-0.2, 0) is 42.4 Å². The van der Waals surface area contributed by atoms with E-state index >= 15 is 0 Å². The highest BCUT2D eigenvalue weighted by molar-refractivity contribution is 6.31. The fraction of sp³-hybridized carbons (Fsp3) is 0.382. The Kier molecular flexibility index (Phi) is 14.6. The van der Waals surface area contributed by atoms with Crippen LogP contribution in [0.25, 0.3) is 0 Å². The maximum Gasteiger partial charge on any atom is 0.373 e. The zero-order valence-electron chi connectivity index (χ0n) is 25.4. The minimum Gasteiger partial charge on any atom is -0.489 e. The third kappa shape index (κ3) is 12.7. The fourth-order valence-corrected chi connectivity index (χ4v) is 4.55. The van der Waals surface area contributed by atoms with Gasteiger partial charge in [-0.2, -0.15) is 19.2 Å². The molecular weight excluding hydrogens is 554 g/mol. The Labute approximate surface area is 253 Å². The molecule has 8 heteroatoms. The van der Waals surface area contributed by atoms with Crippen LogP contribution in [0.2, 0.25) is 5.02 Å². The van der Waals surface area contributed by atoms with E-state index in [1.54, 1.807) is 0 Å². The van der Waals surface area contributed by atoms with Gasteiger partial charge in [-0.15, -0.1) is 0 Å². The van der Waals surface area contributed by atoms with E-state index in [-0.39, 0.29) is 35.1 Å². The Bertz CT molecular complexity index is 1330. The van der Waals surface area contributed by atoms with Crippen LogP contribution in [0, 0.1) is 5.41 Å². The lowest BCUT2D eigenvalue weighted by Gasteiger charge is -2.35. The Balaban J connectivity index is 0.00000135. The molecule has 0 heterocycles. The number of ether oxygens (including phenoxy) is 1. The third-order valence-corrected chi connectivity index (χ3v) is 6.58. The summed E-state index contributed by atoms with van der Waals surface area (Å²) in [6, 6.07) is 24.0. The summed E-state index contributed by atoms with van der Waals surface area (Å²) in [5, 5.41) is 0.606. The van der Waals surface area contributed by atoms with E-state index in [9.17, 15) is 4.79 Å². The van der Waals surface area contributed by atoms with Gasteiger partial charge in [0.05, 0.1) is 12.5 Å². The molecule has 224 valence electrons. The molecule has 0 aromatic heterocycles. The fourth-order valence-electron chi connectivity index (χ4n) is 4.22. The first-order valence-corrected chi connectivity index (χ1v) is 13.9. The van der Waals surface area contributed by atoms with E-state index in [4.69, 9.17) is 35.5 Å². The summed E-state index contributed by atoms with van der Waals surface area (Å²) in [6.45, 7) is 16.2. The van der Waals surface area contributed by atoms with Gasteiger partial charge in [-0.25, -0.2) is 0 Å². The van der Waals surface area contributed by atoms with Gasteiger partial charge in [0.1, 0.15) is 12.4 Å². The molecule has 3 rings (SSSR count). The molecule has 0 N–H and O–H groups in total. The van der Waals surface area contributed by atoms with Crippen molar-refractivity contribution < 1.29 is 28.7 Å². The normalized spacial score (nSPS) is 11.3. The molecule has 0 aliphatic carbocycles. The second-order valence-corrected chi connectivity index (χ2v) is 12.4. The van der Waals surface area contributed by atoms with Crippen molar-refractivity contribution in [3.63, 3.8) is 0 Å². The summed E-state index contributed by atoms with van der Waals surface area (Å²) in [5.74, 6) is 0.816. The first-order valence-electron chi connectivity index (χ1n) is 13.5. The summed E-state index contributed by atoms with van der Waals surface area (Å²) in [5.41, 5.74) is 4.28. The first kappa shape index (κ1) is 36.0. The van der Waals surface area contributed by atoms with Gasteiger partial charge in [-0.05, 0) is 52.1 Å². The van der Waals surface area contributed by atoms with Crippen molar-refractivity contribution in [1.82, 2.24) is 4.90 Å². The average molecular weight is 594 g/mol. The summed E-state index contributed by atoms with van der Waals surface area (Å²) >= 11 is 6.74. The van der Waals surface area contributed by atoms with Crippen LogP contribution >= 0.6 is 11.6 Å². The zero-order valence-corrected chi connectivity index (χ0v) is 26.2. The van der Waals surface area contributed by atoms with Gasteiger partial charge in [0, 0.05) is 11.6 Å². The predicted octanol–water partition coefficient (Wildman–Crippen LogP) is 7.23. The van der Waals surface area contributed by atoms with Crippen LogP contribution in [0.5, 0.6) is 5.75 Å². The lowest BCUT2D eigenvalue weighted by Crippen LogP contribution is -2.40. The SMILES string of the molecule is CC(c1ccc(OCc2ccccc2)cc1Cl)N(CC(C)(C)C)C(=O)Cc1cccc(C(C)(C)C)c1.O=C=O.O=C=O. The topological polar surface area (TPSA) is 97.8 Å². The van der Waals surface area contributed by atoms with Gasteiger partial charge >= 0.3 is 12.3 Å². The van der Waals surface area contributed by atoms with E-state index in [0.29, 0.717) is 30.3 Å². The summed E-state index contributed by atoms with van der Waals surface area (Å²) in [6.07, 6.45) is 0.861. The van der Waals surface area contributed by atoms with E-state index in [0.717, 1.165) is 16.7 Å². The van der Waals surface area contributed by atoms with Crippen LogP contribution in [0.4, 0.5) is 0 Å². The highest BCUT2D eigenvalue weighted by atomic mass is 35.5. The second-order valence-electron chi connectivity index (χ2n) is 12.0. The Morgan fingerprint density at radius 2 is 1.40 bits per heavy atom. The molecular formula is C34H40ClNO6. The lowest BCUT2D eigenvalue weighted by atomic mass is 9.86. The summed E-state index contributed by atoms with van der Waals surface area (Å²) in [7, 11) is 0. The van der Waals surface area contributed by atoms with Crippen molar-refractivity contribution >= 4 is 29.8 Å². The van der Waals surface area contributed by atoms with Gasteiger partial charge in [0.25, 0.3) is 0 Å². The summed E-state index contributed by atoms with van der Waals surface area (Å²) in [4.78, 5) is 48.1. The lowest BCUT2D eigenvalue weighted by molar-refractivity contribution is -0.193. The van der Waals surface area contributed by atoms with Crippen molar-refractivity contribution in [1.29, 1.82) is 0 Å². The molecule has 3 aromatic rings. The minimum absolute atomic E-state index is 0.0370. The van der Waals surface area contributed by atoms with Crippen LogP contribution in [-0.4, -0.2) is 29.7 Å². The number of hydrogen-bond acceptors (Lipinski definition) is 6. The predicted molar refractivity (Wildman–Crippen MR) is 161 cm³/mol. The Morgan fingerprint density at radius 3 is 1.93 bits per heavy atom. The van der Waals surface area contributed by atoms with Crippen LogP contribution in [0.3, 0.4) is 0 Å². The molecule has 1 atom stereocenters. The van der Waals surface area contributed by atoms with E-state index < -0.39 is 0 Å². The van der Waals surface area contributed by atoms with Crippen molar-refractivity contribution in [2.75, 3.05) is 6.54 Å². The maximum absolute atomic E-state index is 13.7. The average Bonchev–Trinajstić information content (AvgIpc) is 2.91. The minimum atomic E-state index is -0.168. The standard InChI is InChI=1S/C32H40ClNO2.2CO2/c1-23(28-17-16-27(20-29(28)33)36-21-24-12-9-8-10-13-24)34(22-31(2,3)4)30(35)19-25-14-11-15-26(18-25)32(5,6)7;2*2-1-3/h8-18,20,23H,19,21-22H2,1-7H3;;.